The Hall–Kier alpha value is -1.02. The fraction of sp³-hybridized carbons (Fsp3) is 0.364. The third-order valence-corrected chi connectivity index (χ3v) is 2.68. The van der Waals surface area contributed by atoms with Gasteiger partial charge < -0.3 is 5.73 Å². The van der Waals surface area contributed by atoms with Crippen LogP contribution in [-0.2, 0) is 12.8 Å². The number of halogens is 1. The van der Waals surface area contributed by atoms with Crippen molar-refractivity contribution in [1.29, 1.82) is 0 Å². The normalized spacial score (nSPS) is 10.2. The van der Waals surface area contributed by atoms with Crippen LogP contribution in [0.3, 0.4) is 0 Å². The Kier molecular flexibility index (Phi) is 3.53. The second-order valence-corrected chi connectivity index (χ2v) is 3.54. The first-order valence-electron chi connectivity index (χ1n) is 4.71. The molecule has 2 N–H and O–H groups in total. The van der Waals surface area contributed by atoms with E-state index in [1.807, 2.05) is 26.0 Å². The van der Waals surface area contributed by atoms with Gasteiger partial charge >= 0.3 is 0 Å². The van der Waals surface area contributed by atoms with Crippen molar-refractivity contribution in [3.05, 3.63) is 33.8 Å². The molecule has 0 heterocycles. The Labute approximate surface area is 89.1 Å². The minimum Gasteiger partial charge on any atom is -0.366 e. The van der Waals surface area contributed by atoms with Crippen molar-refractivity contribution in [2.75, 3.05) is 0 Å². The van der Waals surface area contributed by atoms with Gasteiger partial charge in [-0.05, 0) is 30.0 Å². The molecule has 1 aromatic rings. The molecule has 76 valence electrons. The number of primary amides is 1. The van der Waals surface area contributed by atoms with Crippen LogP contribution in [0.5, 0.6) is 0 Å². The Bertz CT molecular complexity index is 361. The first-order valence-corrected chi connectivity index (χ1v) is 5.09. The van der Waals surface area contributed by atoms with Crippen LogP contribution in [0.4, 0.5) is 0 Å². The van der Waals surface area contributed by atoms with Gasteiger partial charge in [-0.1, -0.05) is 31.5 Å². The number of carbonyl (C=O) groups is 1. The molecule has 14 heavy (non-hydrogen) atoms. The molecular weight excluding hydrogens is 198 g/mol. The number of hydrogen-bond acceptors (Lipinski definition) is 1. The first kappa shape index (κ1) is 11.1. The Morgan fingerprint density at radius 1 is 1.36 bits per heavy atom. The molecule has 1 amide bonds. The minimum absolute atomic E-state index is 0.388. The summed E-state index contributed by atoms with van der Waals surface area (Å²) in [5.41, 5.74) is 7.77. The molecule has 0 fully saturated rings. The van der Waals surface area contributed by atoms with Gasteiger partial charge in [0.15, 0.2) is 0 Å². The van der Waals surface area contributed by atoms with E-state index in [0.717, 1.165) is 24.0 Å². The van der Waals surface area contributed by atoms with E-state index in [9.17, 15) is 4.79 Å². The maximum Gasteiger partial charge on any atom is 0.249 e. The lowest BCUT2D eigenvalue weighted by atomic mass is 9.97. The summed E-state index contributed by atoms with van der Waals surface area (Å²) in [7, 11) is 0. The number of rotatable bonds is 3. The summed E-state index contributed by atoms with van der Waals surface area (Å²) in [4.78, 5) is 11.3. The third-order valence-electron chi connectivity index (χ3n) is 2.32. The van der Waals surface area contributed by atoms with E-state index in [1.165, 1.54) is 0 Å². The maximum atomic E-state index is 11.3. The van der Waals surface area contributed by atoms with Crippen LogP contribution < -0.4 is 5.73 Å². The molecule has 0 aliphatic rings. The van der Waals surface area contributed by atoms with Crippen LogP contribution in [0.2, 0.25) is 5.02 Å². The van der Waals surface area contributed by atoms with E-state index in [-0.39, 0.29) is 5.91 Å². The molecule has 2 nitrogen and oxygen atoms in total. The molecule has 0 spiro atoms. The van der Waals surface area contributed by atoms with Crippen molar-refractivity contribution >= 4 is 17.5 Å². The first-order chi connectivity index (χ1) is 6.61. The van der Waals surface area contributed by atoms with Crippen LogP contribution in [-0.4, -0.2) is 5.91 Å². The minimum atomic E-state index is -0.388. The monoisotopic (exact) mass is 211 g/mol. The van der Waals surface area contributed by atoms with Crippen molar-refractivity contribution < 1.29 is 4.79 Å². The lowest BCUT2D eigenvalue weighted by molar-refractivity contribution is 0.0998. The van der Waals surface area contributed by atoms with E-state index in [4.69, 9.17) is 17.3 Å². The summed E-state index contributed by atoms with van der Waals surface area (Å²) in [6, 6.07) is 3.69. The molecule has 1 rings (SSSR count). The van der Waals surface area contributed by atoms with E-state index in [1.54, 1.807) is 0 Å². The SMILES string of the molecule is CCc1ccc(Cl)c(CC)c1C(N)=O. The molecule has 0 unspecified atom stereocenters. The van der Waals surface area contributed by atoms with Gasteiger partial charge in [0.2, 0.25) is 5.91 Å². The molecule has 3 heteroatoms. The van der Waals surface area contributed by atoms with Crippen molar-refractivity contribution in [2.24, 2.45) is 5.73 Å². The molecule has 0 bridgehead atoms. The number of aryl methyl sites for hydroxylation is 1. The zero-order chi connectivity index (χ0) is 10.7. The lowest BCUT2D eigenvalue weighted by Gasteiger charge is -2.11. The topological polar surface area (TPSA) is 43.1 Å². The average molecular weight is 212 g/mol. The van der Waals surface area contributed by atoms with Gasteiger partial charge in [0.25, 0.3) is 0 Å². The third kappa shape index (κ3) is 1.90. The molecule has 0 aromatic heterocycles. The predicted octanol–water partition coefficient (Wildman–Crippen LogP) is 2.56. The van der Waals surface area contributed by atoms with Gasteiger partial charge in [-0.3, -0.25) is 4.79 Å². The average Bonchev–Trinajstić information content (AvgIpc) is 2.17. The van der Waals surface area contributed by atoms with Gasteiger partial charge in [0, 0.05) is 10.6 Å². The molecule has 1 aromatic carbocycles. The van der Waals surface area contributed by atoms with Crippen LogP contribution in [0.1, 0.15) is 35.3 Å². The largest absolute Gasteiger partial charge is 0.366 e. The molecule has 0 saturated carbocycles. The highest BCUT2D eigenvalue weighted by Gasteiger charge is 2.14. The molecule has 0 aliphatic heterocycles. The van der Waals surface area contributed by atoms with Crippen LogP contribution in [0.15, 0.2) is 12.1 Å². The summed E-state index contributed by atoms with van der Waals surface area (Å²) in [5, 5.41) is 0.624. The standard InChI is InChI=1S/C11H14ClNO/c1-3-7-5-6-9(12)8(4-2)10(7)11(13)14/h5-6H,3-4H2,1-2H3,(H2,13,14). The number of amides is 1. The van der Waals surface area contributed by atoms with Crippen molar-refractivity contribution in [3.63, 3.8) is 0 Å². The van der Waals surface area contributed by atoms with E-state index in [2.05, 4.69) is 0 Å². The van der Waals surface area contributed by atoms with Gasteiger partial charge in [-0.2, -0.15) is 0 Å². The van der Waals surface area contributed by atoms with E-state index < -0.39 is 0 Å². The number of benzene rings is 1. The van der Waals surface area contributed by atoms with Gasteiger partial charge in [-0.15, -0.1) is 0 Å². The van der Waals surface area contributed by atoms with Gasteiger partial charge in [-0.25, -0.2) is 0 Å². The summed E-state index contributed by atoms with van der Waals surface area (Å²) in [6.07, 6.45) is 1.52. The fourth-order valence-electron chi connectivity index (χ4n) is 1.62. The smallest absolute Gasteiger partial charge is 0.249 e. The number of carbonyl (C=O) groups excluding carboxylic acids is 1. The highest BCUT2D eigenvalue weighted by atomic mass is 35.5. The molecule has 0 atom stereocenters. The molecular formula is C11H14ClNO. The Morgan fingerprint density at radius 2 is 2.00 bits per heavy atom. The van der Waals surface area contributed by atoms with Crippen molar-refractivity contribution in [2.45, 2.75) is 26.7 Å². The summed E-state index contributed by atoms with van der Waals surface area (Å²) < 4.78 is 0. The summed E-state index contributed by atoms with van der Waals surface area (Å²) in [5.74, 6) is -0.388. The predicted molar refractivity (Wildman–Crippen MR) is 58.7 cm³/mol. The molecule has 0 saturated heterocycles. The highest BCUT2D eigenvalue weighted by molar-refractivity contribution is 6.32. The van der Waals surface area contributed by atoms with E-state index in [0.29, 0.717) is 10.6 Å². The zero-order valence-corrected chi connectivity index (χ0v) is 9.19. The zero-order valence-electron chi connectivity index (χ0n) is 8.43. The fourth-order valence-corrected chi connectivity index (χ4v) is 1.91. The second kappa shape index (κ2) is 4.47. The van der Waals surface area contributed by atoms with E-state index >= 15 is 0 Å². The van der Waals surface area contributed by atoms with Crippen LogP contribution in [0, 0.1) is 0 Å². The van der Waals surface area contributed by atoms with Crippen LogP contribution in [0.25, 0.3) is 0 Å². The highest BCUT2D eigenvalue weighted by Crippen LogP contribution is 2.24. The molecule has 0 aliphatic carbocycles. The molecule has 0 radical (unpaired) electrons. The van der Waals surface area contributed by atoms with Crippen LogP contribution >= 0.6 is 11.6 Å². The Morgan fingerprint density at radius 3 is 2.43 bits per heavy atom. The van der Waals surface area contributed by atoms with Crippen molar-refractivity contribution in [1.82, 2.24) is 0 Å². The van der Waals surface area contributed by atoms with Crippen molar-refractivity contribution in [3.8, 4) is 0 Å². The number of hydrogen-bond donors (Lipinski definition) is 1. The van der Waals surface area contributed by atoms with Gasteiger partial charge in [0.05, 0.1) is 0 Å². The second-order valence-electron chi connectivity index (χ2n) is 3.13. The van der Waals surface area contributed by atoms with Gasteiger partial charge in [0.1, 0.15) is 0 Å². The maximum absolute atomic E-state index is 11.3. The summed E-state index contributed by atoms with van der Waals surface area (Å²) >= 11 is 5.99. The number of nitrogens with two attached hydrogens (primary N) is 1. The Balaban J connectivity index is 3.43. The lowest BCUT2D eigenvalue weighted by Crippen LogP contribution is -2.16. The quantitative estimate of drug-likeness (QED) is 0.821. The summed E-state index contributed by atoms with van der Waals surface area (Å²) in [6.45, 7) is 3.96.